The van der Waals surface area contributed by atoms with Gasteiger partial charge in [0, 0.05) is 38.2 Å². The maximum absolute atomic E-state index is 10.3. The second kappa shape index (κ2) is 24.6. The zero-order valence-corrected chi connectivity index (χ0v) is 52.8. The van der Waals surface area contributed by atoms with E-state index in [1.54, 1.807) is 0 Å². The van der Waals surface area contributed by atoms with Crippen molar-refractivity contribution in [3.8, 4) is 136 Å². The van der Waals surface area contributed by atoms with E-state index in [-0.39, 0.29) is 0 Å². The number of benzene rings is 14. The zero-order valence-electron chi connectivity index (χ0n) is 52.8. The van der Waals surface area contributed by atoms with Crippen molar-refractivity contribution in [1.29, 1.82) is 10.5 Å². The minimum Gasteiger partial charge on any atom is -0.308 e. The van der Waals surface area contributed by atoms with Crippen LogP contribution in [0.25, 0.3) is 172 Å². The second-order valence-electron chi connectivity index (χ2n) is 24.4. The Morgan fingerprint density at radius 3 is 0.959 bits per heavy atom. The van der Waals surface area contributed by atoms with Gasteiger partial charge in [-0.25, -0.2) is 19.8 Å². The van der Waals surface area contributed by atoms with Gasteiger partial charge >= 0.3 is 0 Å². The van der Waals surface area contributed by atoms with Crippen LogP contribution in [0.4, 0.5) is 5.69 Å². The van der Waals surface area contributed by atoms with Gasteiger partial charge in [-0.2, -0.15) is 10.5 Å². The lowest BCUT2D eigenvalue weighted by Gasteiger charge is -2.19. The smallest absolute Gasteiger partial charge is 0.187 e. The molecule has 3 heterocycles. The average molecular weight is 1250 g/mol. The molecular weight excluding hydrogens is 1190 g/mol. The van der Waals surface area contributed by atoms with Crippen LogP contribution in [0.15, 0.2) is 328 Å². The van der Waals surface area contributed by atoms with Crippen LogP contribution in [-0.4, -0.2) is 24.1 Å². The molecule has 0 atom stereocenters. The highest BCUT2D eigenvalue weighted by Crippen LogP contribution is 2.45. The van der Waals surface area contributed by atoms with Crippen LogP contribution < -0.4 is 0 Å². The Labute approximate surface area is 566 Å². The first kappa shape index (κ1) is 58.0. The molecule has 0 aliphatic carbocycles. The molecule has 0 aliphatic heterocycles. The molecule has 0 amide bonds. The van der Waals surface area contributed by atoms with Gasteiger partial charge in [-0.15, -0.1) is 0 Å². The van der Waals surface area contributed by atoms with Gasteiger partial charge in [0.1, 0.15) is 0 Å². The van der Waals surface area contributed by atoms with E-state index in [2.05, 4.69) is 238 Å². The van der Waals surface area contributed by atoms with Gasteiger partial charge in [-0.3, -0.25) is 0 Å². The minimum absolute atomic E-state index is 0.427. The minimum atomic E-state index is 0.427. The molecule has 14 aromatic carbocycles. The molecule has 454 valence electrons. The summed E-state index contributed by atoms with van der Waals surface area (Å²) >= 11 is 0. The summed E-state index contributed by atoms with van der Waals surface area (Å²) in [5.41, 5.74) is 23.8. The molecule has 0 saturated carbocycles. The Morgan fingerprint density at radius 2 is 0.571 bits per heavy atom. The second-order valence-corrected chi connectivity index (χ2v) is 24.4. The number of nitriles is 2. The molecule has 0 aliphatic rings. The molecule has 0 spiro atoms. The summed E-state index contributed by atoms with van der Waals surface area (Å²) in [5.74, 6) is 1.28. The van der Waals surface area contributed by atoms with Gasteiger partial charge in [0.2, 0.25) is 0 Å². The molecule has 0 saturated heterocycles. The highest BCUT2D eigenvalue weighted by Gasteiger charge is 2.26. The number of rotatable bonds is 12. The first-order valence-electron chi connectivity index (χ1n) is 32.4. The Kier molecular flexibility index (Phi) is 14.5. The van der Waals surface area contributed by atoms with E-state index in [0.29, 0.717) is 34.3 Å². The van der Waals surface area contributed by atoms with Crippen molar-refractivity contribution in [3.05, 3.63) is 350 Å². The van der Waals surface area contributed by atoms with E-state index in [4.69, 9.17) is 21.5 Å². The molecule has 0 bridgehead atoms. The van der Waals surface area contributed by atoms with Crippen molar-refractivity contribution >= 4 is 49.3 Å². The van der Waals surface area contributed by atoms with Crippen molar-refractivity contribution in [2.75, 3.05) is 0 Å². The van der Waals surface area contributed by atoms with Crippen LogP contribution >= 0.6 is 0 Å². The number of hydrogen-bond acceptors (Lipinski definition) is 5. The fraction of sp³-hybridized carbons (Fsp3) is 0. The molecule has 17 rings (SSSR count). The number of fused-ring (bicyclic) bond motifs is 6. The van der Waals surface area contributed by atoms with E-state index in [1.165, 1.54) is 0 Å². The Balaban J connectivity index is 0.970. The molecule has 0 radical (unpaired) electrons. The van der Waals surface area contributed by atoms with Crippen LogP contribution in [0.1, 0.15) is 11.1 Å². The van der Waals surface area contributed by atoms with Crippen molar-refractivity contribution in [1.82, 2.24) is 24.1 Å². The first-order chi connectivity index (χ1) is 48.4. The Morgan fingerprint density at radius 1 is 0.255 bits per heavy atom. The van der Waals surface area contributed by atoms with Gasteiger partial charge in [0.25, 0.3) is 0 Å². The Hall–Kier alpha value is -13.8. The summed E-state index contributed by atoms with van der Waals surface area (Å²) in [6.45, 7) is 7.85. The summed E-state index contributed by atoms with van der Waals surface area (Å²) < 4.78 is 4.71. The fourth-order valence-electron chi connectivity index (χ4n) is 13.9. The lowest BCUT2D eigenvalue weighted by atomic mass is 9.97. The topological polar surface area (TPSA) is 100 Å². The predicted octanol–water partition coefficient (Wildman–Crippen LogP) is 23.0. The fourth-order valence-corrected chi connectivity index (χ4v) is 13.9. The summed E-state index contributed by atoms with van der Waals surface area (Å²) in [6.07, 6.45) is 0. The quantitative estimate of drug-likeness (QED) is 0.113. The van der Waals surface area contributed by atoms with E-state index in [1.807, 2.05) is 115 Å². The largest absolute Gasteiger partial charge is 0.308 e. The van der Waals surface area contributed by atoms with Crippen LogP contribution in [0.5, 0.6) is 0 Å². The normalized spacial score (nSPS) is 11.2. The van der Waals surface area contributed by atoms with Crippen molar-refractivity contribution in [2.45, 2.75) is 0 Å². The highest BCUT2D eigenvalue weighted by molar-refractivity contribution is 6.14. The van der Waals surface area contributed by atoms with E-state index in [0.717, 1.165) is 150 Å². The lowest BCUT2D eigenvalue weighted by Crippen LogP contribution is -2.06. The van der Waals surface area contributed by atoms with Crippen LogP contribution in [0.2, 0.25) is 0 Å². The maximum Gasteiger partial charge on any atom is 0.187 e. The van der Waals surface area contributed by atoms with Crippen LogP contribution in [-0.2, 0) is 0 Å². The van der Waals surface area contributed by atoms with Gasteiger partial charge in [-0.1, -0.05) is 231 Å². The highest BCUT2D eigenvalue weighted by atomic mass is 15.1. The maximum atomic E-state index is 10.3. The molecule has 8 heteroatoms. The molecule has 0 fully saturated rings. The van der Waals surface area contributed by atoms with Gasteiger partial charge in [0.05, 0.1) is 63.3 Å². The molecule has 17 aromatic rings. The number of nitrogens with zero attached hydrogens (tertiary/aromatic N) is 8. The standard InChI is InChI=1S/C90H54N8/c1-93-73-41-33-65(34-42-73)71-36-44-77(87(55-71)98-84-47-39-68(62-22-10-4-11-23-62)52-80(84)81-53-69(40-48-85(81)98)63-24-12-5-13-25-63)90-95-88(75-28-15-14-27-74(75)72-26-16-17-59(49-72)57-92)94-89(96-90)76-43-35-70(64-31-29-58(56-91)30-32-64)54-86(76)97-82-45-37-66(60-18-6-2-7-19-60)50-78(82)79-51-67(38-46-83(79)97)61-20-8-3-9-21-61/h2-55H. The molecule has 0 unspecified atom stereocenters. The molecule has 98 heavy (non-hydrogen) atoms. The molecule has 0 N–H and O–H groups in total. The third kappa shape index (κ3) is 10.5. The van der Waals surface area contributed by atoms with Gasteiger partial charge in [0.15, 0.2) is 23.2 Å². The van der Waals surface area contributed by atoms with Crippen molar-refractivity contribution < 1.29 is 0 Å². The average Bonchev–Trinajstić information content (AvgIpc) is 1.63. The van der Waals surface area contributed by atoms with Crippen molar-refractivity contribution in [3.63, 3.8) is 0 Å². The van der Waals surface area contributed by atoms with Crippen LogP contribution in [0, 0.1) is 29.2 Å². The number of hydrogen-bond donors (Lipinski definition) is 0. The first-order valence-corrected chi connectivity index (χ1v) is 32.4. The third-order valence-electron chi connectivity index (χ3n) is 18.7. The summed E-state index contributed by atoms with van der Waals surface area (Å²) in [7, 11) is 0. The Bertz CT molecular complexity index is 5590. The molecule has 8 nitrogen and oxygen atoms in total. The zero-order chi connectivity index (χ0) is 65.6. The monoisotopic (exact) mass is 1250 g/mol. The third-order valence-corrected chi connectivity index (χ3v) is 18.7. The SMILES string of the molecule is [C-]#[N+]c1ccc(-c2ccc(-c3nc(-c4ccccc4-c4cccc(C#N)c4)nc(-c4ccc(-c5ccc(C#N)cc5)cc4-n4c5ccc(-c6ccccc6)cc5c5cc(-c6ccccc6)ccc54)n3)c(-n3c4ccc(-c5ccccc5)cc4c4cc(-c5ccccc5)ccc43)c2)cc1. The number of aromatic nitrogens is 5. The summed E-state index contributed by atoms with van der Waals surface area (Å²) in [4.78, 5) is 20.9. The summed E-state index contributed by atoms with van der Waals surface area (Å²) in [5, 5.41) is 24.6. The molecule has 3 aromatic heterocycles. The molecular formula is C90H54N8. The van der Waals surface area contributed by atoms with Gasteiger partial charge < -0.3 is 9.13 Å². The summed E-state index contributed by atoms with van der Waals surface area (Å²) in [6, 6.07) is 118. The van der Waals surface area contributed by atoms with E-state index >= 15 is 0 Å². The van der Waals surface area contributed by atoms with Crippen LogP contribution in [0.3, 0.4) is 0 Å². The van der Waals surface area contributed by atoms with E-state index in [9.17, 15) is 10.5 Å². The van der Waals surface area contributed by atoms with E-state index < -0.39 is 0 Å². The predicted molar refractivity (Wildman–Crippen MR) is 399 cm³/mol. The van der Waals surface area contributed by atoms with Crippen molar-refractivity contribution in [2.24, 2.45) is 0 Å². The van der Waals surface area contributed by atoms with Gasteiger partial charge in [-0.05, 0) is 175 Å². The lowest BCUT2D eigenvalue weighted by molar-refractivity contribution is 1.06.